The first-order valence-corrected chi connectivity index (χ1v) is 15.5. The fourth-order valence-electron chi connectivity index (χ4n) is 5.34. The number of fused-ring (bicyclic) bond motifs is 1. The zero-order chi connectivity index (χ0) is 31.6. The van der Waals surface area contributed by atoms with Crippen LogP contribution >= 0.6 is 23.1 Å². The van der Waals surface area contributed by atoms with Gasteiger partial charge in [0.05, 0.1) is 12.8 Å². The molecule has 0 radical (unpaired) electrons. The Morgan fingerprint density at radius 1 is 1.32 bits per heavy atom. The highest BCUT2D eigenvalue weighted by Gasteiger charge is 2.54. The molecule has 1 aromatic rings. The Bertz CT molecular complexity index is 1560. The number of thiazole rings is 1. The number of oxime groups is 1. The van der Waals surface area contributed by atoms with Crippen molar-refractivity contribution in [2.45, 2.75) is 24.8 Å². The predicted octanol–water partition coefficient (Wildman–Crippen LogP) is -0.260. The molecule has 4 aliphatic rings. The number of carbonyl (C=O) groups is 5. The Hall–Kier alpha value is -4.32. The molecule has 5 N–H and O–H groups in total. The number of amides is 3. The molecule has 17 heteroatoms. The molecule has 15 nitrogen and oxygen atoms in total. The predicted molar refractivity (Wildman–Crippen MR) is 159 cm³/mol. The number of aliphatic carboxylic acids is 1. The smallest absolute Gasteiger partial charge is 0.352 e. The number of hydrogen-bond donors (Lipinski definition) is 4. The first kappa shape index (κ1) is 31.1. The fraction of sp³-hybridized carbons (Fsp3) is 0.370. The molecule has 3 amide bonds. The van der Waals surface area contributed by atoms with Crippen LogP contribution in [-0.4, -0.2) is 115 Å². The largest absolute Gasteiger partial charge is 0.477 e. The molecule has 0 aromatic carbocycles. The number of rotatable bonds is 10. The Kier molecular flexibility index (Phi) is 9.00. The number of carbonyl (C=O) groups excluding carboxylic acids is 4. The van der Waals surface area contributed by atoms with E-state index >= 15 is 0 Å². The fourth-order valence-corrected chi connectivity index (χ4v) is 7.20. The molecular formula is C27H30N7O8S2+. The summed E-state index contributed by atoms with van der Waals surface area (Å²) in [5.41, 5.74) is 5.82. The Labute approximate surface area is 259 Å². The van der Waals surface area contributed by atoms with Gasteiger partial charge in [-0.1, -0.05) is 11.2 Å². The summed E-state index contributed by atoms with van der Waals surface area (Å²) < 4.78 is 0.394. The third-order valence-corrected chi connectivity index (χ3v) is 9.39. The maximum absolute atomic E-state index is 13.3. The lowest BCUT2D eigenvalue weighted by Gasteiger charge is -2.49. The summed E-state index contributed by atoms with van der Waals surface area (Å²) in [6.45, 7) is 2.94. The van der Waals surface area contributed by atoms with E-state index in [2.05, 4.69) is 20.3 Å². The minimum atomic E-state index is -1.34. The van der Waals surface area contributed by atoms with Gasteiger partial charge in [-0.3, -0.25) is 28.7 Å². The van der Waals surface area contributed by atoms with Crippen molar-refractivity contribution < 1.29 is 43.5 Å². The van der Waals surface area contributed by atoms with Crippen molar-refractivity contribution in [3.8, 4) is 0 Å². The number of hydrogen-bond acceptors (Lipinski definition) is 12. The van der Waals surface area contributed by atoms with E-state index in [0.29, 0.717) is 48.4 Å². The van der Waals surface area contributed by atoms with Gasteiger partial charge in [0.15, 0.2) is 17.5 Å². The first-order chi connectivity index (χ1) is 21.0. The molecule has 0 bridgehead atoms. The van der Waals surface area contributed by atoms with E-state index in [1.165, 1.54) is 17.1 Å². The Balaban J connectivity index is 1.32. The van der Waals surface area contributed by atoms with Gasteiger partial charge in [0.1, 0.15) is 35.9 Å². The number of nitrogens with two attached hydrogens (primary N) is 1. The lowest BCUT2D eigenvalue weighted by atomic mass is 10.0. The van der Waals surface area contributed by atoms with Gasteiger partial charge in [-0.05, 0) is 30.2 Å². The van der Waals surface area contributed by atoms with E-state index < -0.39 is 35.2 Å². The summed E-state index contributed by atoms with van der Waals surface area (Å²) in [6.07, 6.45) is 9.69. The van der Waals surface area contributed by atoms with Crippen LogP contribution in [0.4, 0.5) is 5.13 Å². The molecular weight excluding hydrogens is 614 g/mol. The second-order valence-corrected chi connectivity index (χ2v) is 12.4. The van der Waals surface area contributed by atoms with Crippen molar-refractivity contribution in [2.24, 2.45) is 5.16 Å². The Morgan fingerprint density at radius 3 is 2.75 bits per heavy atom. The lowest BCUT2D eigenvalue weighted by molar-refractivity contribution is -0.883. The van der Waals surface area contributed by atoms with Crippen LogP contribution < -0.4 is 11.1 Å². The van der Waals surface area contributed by atoms with Crippen LogP contribution in [-0.2, 0) is 28.8 Å². The third kappa shape index (κ3) is 6.17. The molecule has 1 aromatic heterocycles. The molecule has 0 spiro atoms. The van der Waals surface area contributed by atoms with Gasteiger partial charge in [-0.2, -0.15) is 0 Å². The normalized spacial score (nSPS) is 25.8. The molecule has 0 aliphatic carbocycles. The van der Waals surface area contributed by atoms with E-state index in [-0.39, 0.29) is 40.5 Å². The number of carboxylic acids is 1. The molecule has 44 heavy (non-hydrogen) atoms. The number of aliphatic hydroxyl groups excluding tert-OH is 1. The molecule has 232 valence electrons. The molecule has 0 saturated carbocycles. The lowest BCUT2D eigenvalue weighted by Crippen LogP contribution is -2.71. The molecule has 2 saturated heterocycles. The van der Waals surface area contributed by atoms with E-state index in [1.807, 2.05) is 24.4 Å². The number of β-lactam (4-membered cyclic amide) rings is 1. The number of allylic oxidation sites excluding steroid dienone is 3. The van der Waals surface area contributed by atoms with Crippen molar-refractivity contribution in [2.75, 3.05) is 44.4 Å². The van der Waals surface area contributed by atoms with Crippen LogP contribution in [0.3, 0.4) is 0 Å². The van der Waals surface area contributed by atoms with Crippen LogP contribution in [0.5, 0.6) is 0 Å². The zero-order valence-corrected chi connectivity index (χ0v) is 25.2. The van der Waals surface area contributed by atoms with Crippen LogP contribution in [0, 0.1) is 0 Å². The van der Waals surface area contributed by atoms with Gasteiger partial charge < -0.3 is 26.1 Å². The van der Waals surface area contributed by atoms with Crippen molar-refractivity contribution in [1.29, 1.82) is 0 Å². The van der Waals surface area contributed by atoms with Crippen LogP contribution in [0.1, 0.15) is 19.0 Å². The standard InChI is InChI=1S/C27H29N7O8S2/c1-15(36)42-31-19(18-13-44-27(28)29-18)22(37)30-20-24(39)33-21(26(40)41)17(12-43-25(20)33)11-16-5-6-32(23(16)38)14-34(9-10-35)7-3-2-4-8-34/h2-4,7,11,13,20,25,35H,5-6,8-10,12,14H2,1H3,(H3-,28,29,30,37,40,41)/p+1/b16-11+,31-19-/t20-,25-,34?/m1/s1. The minimum absolute atomic E-state index is 0.0403. The van der Waals surface area contributed by atoms with E-state index in [1.54, 1.807) is 11.0 Å². The van der Waals surface area contributed by atoms with Gasteiger partial charge in [0.25, 0.3) is 17.7 Å². The van der Waals surface area contributed by atoms with Crippen LogP contribution in [0.15, 0.2) is 57.9 Å². The highest BCUT2D eigenvalue weighted by molar-refractivity contribution is 8.00. The Morgan fingerprint density at radius 2 is 2.11 bits per heavy atom. The number of aliphatic hydroxyl groups is 1. The highest BCUT2D eigenvalue weighted by atomic mass is 32.2. The van der Waals surface area contributed by atoms with Crippen molar-refractivity contribution in [3.05, 3.63) is 58.4 Å². The van der Waals surface area contributed by atoms with E-state index in [4.69, 9.17) is 5.73 Å². The first-order valence-electron chi connectivity index (χ1n) is 13.5. The van der Waals surface area contributed by atoms with Crippen molar-refractivity contribution in [1.82, 2.24) is 20.1 Å². The molecule has 3 atom stereocenters. The van der Waals surface area contributed by atoms with Crippen LogP contribution in [0.25, 0.3) is 0 Å². The number of likely N-dealkylation sites (tertiary alicyclic amines) is 1. The van der Waals surface area contributed by atoms with Gasteiger partial charge in [-0.15, -0.1) is 23.1 Å². The van der Waals surface area contributed by atoms with Gasteiger partial charge >= 0.3 is 11.9 Å². The topological polar surface area (TPSA) is 205 Å². The number of anilines is 1. The molecule has 4 aliphatic heterocycles. The van der Waals surface area contributed by atoms with Gasteiger partial charge in [0, 0.05) is 30.2 Å². The summed E-state index contributed by atoms with van der Waals surface area (Å²) in [7, 11) is 0. The third-order valence-electron chi connectivity index (χ3n) is 7.41. The molecule has 5 rings (SSSR count). The van der Waals surface area contributed by atoms with Crippen molar-refractivity contribution in [3.63, 3.8) is 0 Å². The average Bonchev–Trinajstić information content (AvgIpc) is 3.56. The number of aromatic nitrogens is 1. The summed E-state index contributed by atoms with van der Waals surface area (Å²) in [5, 5.41) is 26.6. The monoisotopic (exact) mass is 644 g/mol. The summed E-state index contributed by atoms with van der Waals surface area (Å²) in [6, 6.07) is -1.09. The van der Waals surface area contributed by atoms with E-state index in [0.717, 1.165) is 23.2 Å². The number of nitrogens with zero attached hydrogens (tertiary/aromatic N) is 5. The number of carboxylic acid groups (broad SMARTS) is 1. The van der Waals surface area contributed by atoms with Gasteiger partial charge in [0.2, 0.25) is 0 Å². The van der Waals surface area contributed by atoms with Crippen LogP contribution in [0.2, 0.25) is 0 Å². The molecule has 5 heterocycles. The second-order valence-electron chi connectivity index (χ2n) is 10.4. The SMILES string of the molecule is CC(=O)O/N=C(\C(=O)N[C@@H]1C(=O)N2C(C(=O)O)=C(/C=C3\CCN(C[N+]4(CCO)C=CC=CC4)C3=O)CS[C@H]12)c1csc(N)n1. The maximum Gasteiger partial charge on any atom is 0.352 e. The highest BCUT2D eigenvalue weighted by Crippen LogP contribution is 2.41. The summed E-state index contributed by atoms with van der Waals surface area (Å²) >= 11 is 2.27. The number of nitrogens with one attached hydrogen (secondary N) is 1. The average molecular weight is 645 g/mol. The number of quaternary nitrogens is 1. The number of thioether (sulfide) groups is 1. The second kappa shape index (κ2) is 12.7. The minimum Gasteiger partial charge on any atom is -0.477 e. The molecule has 2 fully saturated rings. The zero-order valence-electron chi connectivity index (χ0n) is 23.5. The summed E-state index contributed by atoms with van der Waals surface area (Å²) in [5.74, 6) is -3.69. The number of nitrogen functional groups attached to an aromatic ring is 1. The van der Waals surface area contributed by atoms with Crippen molar-refractivity contribution >= 4 is 63.6 Å². The van der Waals surface area contributed by atoms with Gasteiger partial charge in [-0.25, -0.2) is 14.6 Å². The van der Waals surface area contributed by atoms with E-state index in [9.17, 15) is 34.2 Å². The quantitative estimate of drug-likeness (QED) is 0.0652. The maximum atomic E-state index is 13.3. The molecule has 1 unspecified atom stereocenters. The summed E-state index contributed by atoms with van der Waals surface area (Å²) in [4.78, 5) is 74.7.